The van der Waals surface area contributed by atoms with E-state index in [9.17, 15) is 32.3 Å². The van der Waals surface area contributed by atoms with Crippen LogP contribution in [0.2, 0.25) is 0 Å². The molecular weight excluding hydrogens is 482 g/mol. The van der Waals surface area contributed by atoms with Crippen molar-refractivity contribution < 1.29 is 32.3 Å². The normalized spacial score (nSPS) is 23.9. The summed E-state index contributed by atoms with van der Waals surface area (Å²) in [4.78, 5) is 25.1. The number of hydrogen-bond donors (Lipinski definition) is 2. The van der Waals surface area contributed by atoms with Crippen molar-refractivity contribution in [3.8, 4) is 0 Å². The molecule has 0 radical (unpaired) electrons. The molecule has 1 saturated carbocycles. The first-order valence-electron chi connectivity index (χ1n) is 9.65. The maximum absolute atomic E-state index is 14.2. The van der Waals surface area contributed by atoms with Gasteiger partial charge >= 0.3 is 12.1 Å². The lowest BCUT2D eigenvalue weighted by atomic mass is 9.64. The monoisotopic (exact) mass is 501 g/mol. The summed E-state index contributed by atoms with van der Waals surface area (Å²) in [5, 5.41) is 12.2. The number of rotatable bonds is 4. The number of benzene rings is 2. The Kier molecular flexibility index (Phi) is 6.73. The van der Waals surface area contributed by atoms with Gasteiger partial charge in [-0.05, 0) is 60.6 Å². The van der Waals surface area contributed by atoms with Gasteiger partial charge in [-0.2, -0.15) is 13.2 Å². The molecule has 0 spiro atoms. The fourth-order valence-corrected chi connectivity index (χ4v) is 4.51. The largest absolute Gasteiger partial charge is 0.481 e. The van der Waals surface area contributed by atoms with E-state index >= 15 is 0 Å². The van der Waals surface area contributed by atoms with Gasteiger partial charge in [0.2, 0.25) is 5.91 Å². The highest BCUT2D eigenvalue weighted by atomic mass is 79.9. The molecule has 2 aromatic carbocycles. The summed E-state index contributed by atoms with van der Waals surface area (Å²) < 4.78 is 53.3. The van der Waals surface area contributed by atoms with E-state index in [4.69, 9.17) is 0 Å². The second-order valence-electron chi connectivity index (χ2n) is 7.78. The molecule has 0 aromatic heterocycles. The van der Waals surface area contributed by atoms with Crippen LogP contribution in [-0.2, 0) is 15.8 Å². The lowest BCUT2D eigenvalue weighted by Gasteiger charge is -2.39. The van der Waals surface area contributed by atoms with Crippen molar-refractivity contribution in [3.63, 3.8) is 0 Å². The number of amides is 1. The molecule has 1 fully saturated rings. The Hall–Kier alpha value is -2.42. The molecule has 3 rings (SSSR count). The second kappa shape index (κ2) is 8.98. The number of carbonyl (C=O) groups is 2. The van der Waals surface area contributed by atoms with Gasteiger partial charge in [0.05, 0.1) is 23.1 Å². The summed E-state index contributed by atoms with van der Waals surface area (Å²) in [7, 11) is 0. The van der Waals surface area contributed by atoms with Crippen molar-refractivity contribution in [2.24, 2.45) is 17.8 Å². The van der Waals surface area contributed by atoms with Gasteiger partial charge in [-0.15, -0.1) is 0 Å². The third-order valence-electron chi connectivity index (χ3n) is 5.81. The van der Waals surface area contributed by atoms with Gasteiger partial charge in [0.1, 0.15) is 5.82 Å². The Morgan fingerprint density at radius 3 is 2.26 bits per heavy atom. The first-order chi connectivity index (χ1) is 14.5. The van der Waals surface area contributed by atoms with Crippen LogP contribution in [0.3, 0.4) is 0 Å². The highest BCUT2D eigenvalue weighted by molar-refractivity contribution is 9.10. The van der Waals surface area contributed by atoms with E-state index < -0.39 is 52.9 Å². The molecule has 1 aliphatic carbocycles. The van der Waals surface area contributed by atoms with Crippen LogP contribution < -0.4 is 5.32 Å². The molecule has 166 valence electrons. The van der Waals surface area contributed by atoms with Crippen LogP contribution in [-0.4, -0.2) is 17.0 Å². The number of carbonyl (C=O) groups excluding carboxylic acids is 1. The topological polar surface area (TPSA) is 66.4 Å². The number of alkyl halides is 3. The predicted octanol–water partition coefficient (Wildman–Crippen LogP) is 6.08. The zero-order valence-corrected chi connectivity index (χ0v) is 18.0. The summed E-state index contributed by atoms with van der Waals surface area (Å²) in [5.74, 6) is -5.85. The number of halogens is 5. The Balaban J connectivity index is 1.89. The van der Waals surface area contributed by atoms with Gasteiger partial charge in [0.25, 0.3) is 0 Å². The number of carboxylic acids is 1. The van der Waals surface area contributed by atoms with Gasteiger partial charge in [0.15, 0.2) is 0 Å². The van der Waals surface area contributed by atoms with Crippen LogP contribution in [0.4, 0.5) is 23.2 Å². The third-order valence-corrected chi connectivity index (χ3v) is 6.34. The first-order valence-corrected chi connectivity index (χ1v) is 10.4. The summed E-state index contributed by atoms with van der Waals surface area (Å²) in [6, 6.07) is 8.99. The molecule has 1 amide bonds. The van der Waals surface area contributed by atoms with Crippen molar-refractivity contribution in [2.45, 2.75) is 31.9 Å². The summed E-state index contributed by atoms with van der Waals surface area (Å²) in [6.07, 6.45) is -3.57. The van der Waals surface area contributed by atoms with E-state index in [1.807, 2.05) is 0 Å². The lowest BCUT2D eigenvalue weighted by molar-refractivity contribution is -0.150. The van der Waals surface area contributed by atoms with Crippen LogP contribution in [0, 0.1) is 23.6 Å². The molecule has 4 nitrogen and oxygen atoms in total. The fraction of sp³-hybridized carbons (Fsp3) is 0.364. The molecule has 0 aliphatic heterocycles. The minimum atomic E-state index is -4.71. The van der Waals surface area contributed by atoms with Crippen LogP contribution in [0.5, 0.6) is 0 Å². The maximum atomic E-state index is 14.2. The molecular formula is C22H20BrF4NO3. The highest BCUT2D eigenvalue weighted by Crippen LogP contribution is 2.45. The molecule has 4 atom stereocenters. The molecule has 1 aliphatic rings. The van der Waals surface area contributed by atoms with Gasteiger partial charge < -0.3 is 10.4 Å². The van der Waals surface area contributed by atoms with Gasteiger partial charge in [-0.25, -0.2) is 4.39 Å². The van der Waals surface area contributed by atoms with Crippen LogP contribution in [0.15, 0.2) is 46.9 Å². The smallest absolute Gasteiger partial charge is 0.416 e. The zero-order chi connectivity index (χ0) is 22.9. The first kappa shape index (κ1) is 23.2. The summed E-state index contributed by atoms with van der Waals surface area (Å²) >= 11 is 3.33. The summed E-state index contributed by atoms with van der Waals surface area (Å²) in [5.41, 5.74) is -0.811. The minimum absolute atomic E-state index is 0.301. The lowest BCUT2D eigenvalue weighted by Crippen LogP contribution is -2.44. The average Bonchev–Trinajstić information content (AvgIpc) is 2.69. The standard InChI is InChI=1S/C22H20BrF4NO3/c1-11-2-8-15(12-3-6-14(23)7-4-12)19(21(30)31)18(11)20(29)28-17-9-5-13(10-16(17)24)22(25,26)27/h3-7,9-11,15,18-19H,2,8H2,1H3,(H,28,29)(H,30,31)/t11?,15-,18?,19?/m1/s1. The van der Waals surface area contributed by atoms with Gasteiger partial charge in [-0.1, -0.05) is 35.0 Å². The molecule has 2 aromatic rings. The number of hydrogen-bond acceptors (Lipinski definition) is 2. The Morgan fingerprint density at radius 1 is 1.06 bits per heavy atom. The van der Waals surface area contributed by atoms with E-state index in [0.29, 0.717) is 25.0 Å². The molecule has 31 heavy (non-hydrogen) atoms. The number of anilines is 1. The van der Waals surface area contributed by atoms with Crippen molar-refractivity contribution in [3.05, 3.63) is 63.9 Å². The zero-order valence-electron chi connectivity index (χ0n) is 16.4. The minimum Gasteiger partial charge on any atom is -0.481 e. The molecule has 0 saturated heterocycles. The van der Waals surface area contributed by atoms with Crippen LogP contribution in [0.25, 0.3) is 0 Å². The second-order valence-corrected chi connectivity index (χ2v) is 8.70. The maximum Gasteiger partial charge on any atom is 0.416 e. The Morgan fingerprint density at radius 2 is 1.71 bits per heavy atom. The number of nitrogens with one attached hydrogen (secondary N) is 1. The molecule has 0 heterocycles. The van der Waals surface area contributed by atoms with E-state index in [-0.39, 0.29) is 5.92 Å². The molecule has 9 heteroatoms. The van der Waals surface area contributed by atoms with Crippen LogP contribution >= 0.6 is 15.9 Å². The van der Waals surface area contributed by atoms with Crippen molar-refractivity contribution in [2.75, 3.05) is 5.32 Å². The van der Waals surface area contributed by atoms with Crippen molar-refractivity contribution in [1.82, 2.24) is 0 Å². The fourth-order valence-electron chi connectivity index (χ4n) is 4.25. The Bertz CT molecular complexity index is 978. The van der Waals surface area contributed by atoms with Gasteiger partial charge in [0, 0.05) is 4.47 Å². The number of carboxylic acid groups (broad SMARTS) is 1. The van der Waals surface area contributed by atoms with E-state index in [1.54, 1.807) is 31.2 Å². The van der Waals surface area contributed by atoms with E-state index in [2.05, 4.69) is 21.2 Å². The third kappa shape index (κ3) is 5.08. The number of aliphatic carboxylic acids is 1. The summed E-state index contributed by atoms with van der Waals surface area (Å²) in [6.45, 7) is 1.75. The average molecular weight is 502 g/mol. The van der Waals surface area contributed by atoms with Crippen molar-refractivity contribution >= 4 is 33.5 Å². The molecule has 3 unspecified atom stereocenters. The van der Waals surface area contributed by atoms with Crippen molar-refractivity contribution in [1.29, 1.82) is 0 Å². The molecule has 2 N–H and O–H groups in total. The quantitative estimate of drug-likeness (QED) is 0.499. The highest BCUT2D eigenvalue weighted by Gasteiger charge is 2.46. The van der Waals surface area contributed by atoms with Crippen LogP contribution in [0.1, 0.15) is 36.8 Å². The van der Waals surface area contributed by atoms with E-state index in [0.717, 1.165) is 16.1 Å². The Labute approximate surface area is 184 Å². The molecule has 0 bridgehead atoms. The van der Waals surface area contributed by atoms with Gasteiger partial charge in [-0.3, -0.25) is 9.59 Å². The van der Waals surface area contributed by atoms with E-state index in [1.165, 1.54) is 0 Å². The SMILES string of the molecule is CC1CC[C@H](c2ccc(Br)cc2)C(C(=O)O)C1C(=O)Nc1ccc(C(F)(F)F)cc1F. The predicted molar refractivity (Wildman–Crippen MR) is 110 cm³/mol.